The molecule has 25 heavy (non-hydrogen) atoms. The number of nitrogens with two attached hydrogens (primary N) is 1. The molecule has 0 unspecified atom stereocenters. The van der Waals surface area contributed by atoms with Gasteiger partial charge >= 0.3 is 0 Å². The normalized spacial score (nSPS) is 11.5. The SMILES string of the molecule is Nc1nc2ccccc2c2c1ncn2CCOCCCc1cccs1. The van der Waals surface area contributed by atoms with Crippen LogP contribution >= 0.6 is 11.3 Å². The van der Waals surface area contributed by atoms with Crippen LogP contribution in [-0.4, -0.2) is 27.7 Å². The number of rotatable bonds is 7. The molecule has 2 N–H and O–H groups in total. The molecule has 3 heterocycles. The van der Waals surface area contributed by atoms with Crippen molar-refractivity contribution in [2.45, 2.75) is 19.4 Å². The van der Waals surface area contributed by atoms with E-state index in [1.807, 2.05) is 24.5 Å². The molecule has 0 aliphatic heterocycles. The van der Waals surface area contributed by atoms with Crippen molar-refractivity contribution in [1.29, 1.82) is 0 Å². The monoisotopic (exact) mass is 352 g/mol. The fraction of sp³-hybridized carbons (Fsp3) is 0.263. The lowest BCUT2D eigenvalue weighted by molar-refractivity contribution is 0.125. The molecular formula is C19H20N4OS. The number of fused-ring (bicyclic) bond motifs is 3. The van der Waals surface area contributed by atoms with Gasteiger partial charge in [-0.3, -0.25) is 0 Å². The number of benzene rings is 1. The molecule has 0 bridgehead atoms. The number of hydrogen-bond acceptors (Lipinski definition) is 5. The van der Waals surface area contributed by atoms with Gasteiger partial charge in [-0.1, -0.05) is 24.3 Å². The van der Waals surface area contributed by atoms with Gasteiger partial charge in [0, 0.05) is 23.4 Å². The predicted molar refractivity (Wildman–Crippen MR) is 103 cm³/mol. The molecule has 0 radical (unpaired) electrons. The molecule has 3 aromatic heterocycles. The summed E-state index contributed by atoms with van der Waals surface area (Å²) < 4.78 is 7.91. The lowest BCUT2D eigenvalue weighted by atomic mass is 10.2. The standard InChI is InChI=1S/C19H20N4OS/c20-19-17-18(15-7-1-2-8-16(15)22-19)23(13-21-17)9-11-24-10-3-5-14-6-4-12-25-14/h1-2,4,6-8,12-13H,3,5,9-11H2,(H2,20,22). The Bertz CT molecular complexity index is 978. The van der Waals surface area contributed by atoms with Gasteiger partial charge in [0.15, 0.2) is 5.82 Å². The number of nitrogen functional groups attached to an aromatic ring is 1. The molecule has 1 aromatic carbocycles. The maximum Gasteiger partial charge on any atom is 0.152 e. The van der Waals surface area contributed by atoms with E-state index in [1.54, 1.807) is 11.3 Å². The zero-order chi connectivity index (χ0) is 17.1. The Morgan fingerprint density at radius 3 is 2.92 bits per heavy atom. The number of nitrogens with zero attached hydrogens (tertiary/aromatic N) is 3. The molecular weight excluding hydrogens is 332 g/mol. The fourth-order valence-electron chi connectivity index (χ4n) is 3.04. The van der Waals surface area contributed by atoms with Gasteiger partial charge in [0.25, 0.3) is 0 Å². The van der Waals surface area contributed by atoms with Crippen molar-refractivity contribution in [3.05, 3.63) is 53.0 Å². The number of aromatic nitrogens is 3. The summed E-state index contributed by atoms with van der Waals surface area (Å²) in [7, 11) is 0. The highest BCUT2D eigenvalue weighted by atomic mass is 32.1. The van der Waals surface area contributed by atoms with E-state index in [4.69, 9.17) is 10.5 Å². The van der Waals surface area contributed by atoms with Crippen LogP contribution in [0.4, 0.5) is 5.82 Å². The summed E-state index contributed by atoms with van der Waals surface area (Å²) in [5.74, 6) is 0.476. The zero-order valence-corrected chi connectivity index (χ0v) is 14.7. The molecule has 4 aromatic rings. The molecule has 6 heteroatoms. The summed E-state index contributed by atoms with van der Waals surface area (Å²) >= 11 is 1.80. The van der Waals surface area contributed by atoms with Crippen LogP contribution in [0.2, 0.25) is 0 Å². The molecule has 0 aliphatic rings. The summed E-state index contributed by atoms with van der Waals surface area (Å²) in [5, 5.41) is 3.19. The maximum absolute atomic E-state index is 6.06. The first-order valence-corrected chi connectivity index (χ1v) is 9.30. The Hall–Kier alpha value is -2.44. The fourth-order valence-corrected chi connectivity index (χ4v) is 3.80. The number of ether oxygens (including phenoxy) is 1. The molecule has 0 saturated heterocycles. The van der Waals surface area contributed by atoms with E-state index in [0.29, 0.717) is 12.4 Å². The average Bonchev–Trinajstić information content (AvgIpc) is 3.28. The van der Waals surface area contributed by atoms with Crippen molar-refractivity contribution < 1.29 is 4.74 Å². The number of aryl methyl sites for hydroxylation is 1. The number of imidazole rings is 1. The van der Waals surface area contributed by atoms with Crippen LogP contribution in [0.25, 0.3) is 21.9 Å². The highest BCUT2D eigenvalue weighted by Crippen LogP contribution is 2.26. The molecule has 5 nitrogen and oxygen atoms in total. The van der Waals surface area contributed by atoms with Gasteiger partial charge in [0.05, 0.1) is 24.0 Å². The minimum atomic E-state index is 0.476. The predicted octanol–water partition coefficient (Wildman–Crippen LogP) is 3.88. The van der Waals surface area contributed by atoms with Gasteiger partial charge in [-0.2, -0.15) is 0 Å². The van der Waals surface area contributed by atoms with Crippen molar-refractivity contribution in [3.8, 4) is 0 Å². The second kappa shape index (κ2) is 7.21. The molecule has 0 spiro atoms. The topological polar surface area (TPSA) is 66.0 Å². The van der Waals surface area contributed by atoms with Crippen LogP contribution in [0.5, 0.6) is 0 Å². The summed E-state index contributed by atoms with van der Waals surface area (Å²) in [5.41, 5.74) is 8.75. The van der Waals surface area contributed by atoms with E-state index in [2.05, 4.69) is 38.1 Å². The second-order valence-corrected chi connectivity index (χ2v) is 6.98. The molecule has 4 rings (SSSR count). The smallest absolute Gasteiger partial charge is 0.152 e. The van der Waals surface area contributed by atoms with E-state index >= 15 is 0 Å². The Morgan fingerprint density at radius 2 is 2.04 bits per heavy atom. The highest BCUT2D eigenvalue weighted by Gasteiger charge is 2.11. The maximum atomic E-state index is 6.06. The third-order valence-electron chi connectivity index (χ3n) is 4.25. The van der Waals surface area contributed by atoms with E-state index in [0.717, 1.165) is 47.9 Å². The van der Waals surface area contributed by atoms with Gasteiger partial charge < -0.3 is 15.0 Å². The van der Waals surface area contributed by atoms with E-state index < -0.39 is 0 Å². The van der Waals surface area contributed by atoms with Crippen LogP contribution in [0.15, 0.2) is 48.1 Å². The van der Waals surface area contributed by atoms with Gasteiger partial charge in [0.1, 0.15) is 5.52 Å². The summed E-state index contributed by atoms with van der Waals surface area (Å²) in [6.45, 7) is 2.18. The number of hydrogen-bond donors (Lipinski definition) is 1. The molecule has 0 amide bonds. The second-order valence-electron chi connectivity index (χ2n) is 5.94. The Kier molecular flexibility index (Phi) is 4.63. The zero-order valence-electron chi connectivity index (χ0n) is 13.9. The van der Waals surface area contributed by atoms with Crippen LogP contribution in [-0.2, 0) is 17.7 Å². The van der Waals surface area contributed by atoms with Gasteiger partial charge in [0.2, 0.25) is 0 Å². The van der Waals surface area contributed by atoms with Crippen molar-refractivity contribution in [2.24, 2.45) is 0 Å². The third-order valence-corrected chi connectivity index (χ3v) is 5.19. The Balaban J connectivity index is 1.41. The minimum Gasteiger partial charge on any atom is -0.382 e. The quantitative estimate of drug-likeness (QED) is 0.513. The number of pyridine rings is 1. The van der Waals surface area contributed by atoms with Crippen LogP contribution in [0.3, 0.4) is 0 Å². The molecule has 0 fully saturated rings. The van der Waals surface area contributed by atoms with E-state index in [-0.39, 0.29) is 0 Å². The summed E-state index contributed by atoms with van der Waals surface area (Å²) in [6.07, 6.45) is 3.95. The van der Waals surface area contributed by atoms with E-state index in [1.165, 1.54) is 4.88 Å². The molecule has 0 aliphatic carbocycles. The summed E-state index contributed by atoms with van der Waals surface area (Å²) in [6, 6.07) is 12.3. The molecule has 0 atom stereocenters. The van der Waals surface area contributed by atoms with Crippen molar-refractivity contribution >= 4 is 39.1 Å². The minimum absolute atomic E-state index is 0.476. The van der Waals surface area contributed by atoms with Crippen LogP contribution in [0, 0.1) is 0 Å². The largest absolute Gasteiger partial charge is 0.382 e. The van der Waals surface area contributed by atoms with Gasteiger partial charge in [-0.25, -0.2) is 9.97 Å². The highest BCUT2D eigenvalue weighted by molar-refractivity contribution is 7.09. The first-order valence-electron chi connectivity index (χ1n) is 8.42. The number of para-hydroxylation sites is 1. The van der Waals surface area contributed by atoms with Crippen molar-refractivity contribution in [1.82, 2.24) is 14.5 Å². The first kappa shape index (κ1) is 16.1. The first-order chi connectivity index (χ1) is 12.3. The lowest BCUT2D eigenvalue weighted by Gasteiger charge is -2.08. The van der Waals surface area contributed by atoms with Gasteiger partial charge in [-0.15, -0.1) is 11.3 Å². The van der Waals surface area contributed by atoms with Crippen molar-refractivity contribution in [3.63, 3.8) is 0 Å². The molecule has 0 saturated carbocycles. The average molecular weight is 352 g/mol. The lowest BCUT2D eigenvalue weighted by Crippen LogP contribution is -2.07. The number of anilines is 1. The molecule has 128 valence electrons. The van der Waals surface area contributed by atoms with Crippen LogP contribution in [0.1, 0.15) is 11.3 Å². The van der Waals surface area contributed by atoms with E-state index in [9.17, 15) is 0 Å². The number of thiophene rings is 1. The summed E-state index contributed by atoms with van der Waals surface area (Å²) in [4.78, 5) is 10.3. The third kappa shape index (κ3) is 3.36. The Morgan fingerprint density at radius 1 is 1.12 bits per heavy atom. The van der Waals surface area contributed by atoms with Gasteiger partial charge in [-0.05, 0) is 30.4 Å². The van der Waals surface area contributed by atoms with Crippen molar-refractivity contribution in [2.75, 3.05) is 18.9 Å². The van der Waals surface area contributed by atoms with Crippen LogP contribution < -0.4 is 5.73 Å². The Labute approximate surface area is 150 Å².